The number of ether oxygens (including phenoxy) is 1. The lowest BCUT2D eigenvalue weighted by atomic mass is 10.1. The normalized spacial score (nSPS) is 11.6. The Kier molecular flexibility index (Phi) is 5.68. The smallest absolute Gasteiger partial charge is 0.142 e. The van der Waals surface area contributed by atoms with Gasteiger partial charge in [0.15, 0.2) is 0 Å². The standard InChI is InChI=1S/C17H22ClNOS/c1-17(2,3)19-11-14-5-4-6-15(18)16(14)20-9-7-13-8-10-21-12-13/h4-6,8,10,12,19H,7,9,11H2,1-3H3. The van der Waals surface area contributed by atoms with Gasteiger partial charge >= 0.3 is 0 Å². The van der Waals surface area contributed by atoms with Crippen LogP contribution in [0, 0.1) is 0 Å². The molecule has 2 nitrogen and oxygen atoms in total. The Bertz CT molecular complexity index is 561. The van der Waals surface area contributed by atoms with Crippen molar-refractivity contribution in [3.63, 3.8) is 0 Å². The van der Waals surface area contributed by atoms with Crippen LogP contribution in [0.1, 0.15) is 31.9 Å². The lowest BCUT2D eigenvalue weighted by Crippen LogP contribution is -2.35. The number of nitrogens with one attached hydrogen (secondary N) is 1. The highest BCUT2D eigenvalue weighted by Crippen LogP contribution is 2.29. The zero-order valence-corrected chi connectivity index (χ0v) is 14.4. The molecule has 0 unspecified atom stereocenters. The van der Waals surface area contributed by atoms with Crippen molar-refractivity contribution in [2.75, 3.05) is 6.61 Å². The molecule has 0 saturated carbocycles. The molecule has 1 heterocycles. The van der Waals surface area contributed by atoms with Gasteiger partial charge in [0.25, 0.3) is 0 Å². The molecule has 0 spiro atoms. The van der Waals surface area contributed by atoms with Crippen molar-refractivity contribution in [1.29, 1.82) is 0 Å². The van der Waals surface area contributed by atoms with E-state index in [0.717, 1.165) is 24.3 Å². The van der Waals surface area contributed by atoms with Crippen LogP contribution in [0.15, 0.2) is 35.0 Å². The van der Waals surface area contributed by atoms with Gasteiger partial charge in [-0.15, -0.1) is 0 Å². The molecular formula is C17H22ClNOS. The highest BCUT2D eigenvalue weighted by Gasteiger charge is 2.13. The van der Waals surface area contributed by atoms with Gasteiger partial charge in [0.05, 0.1) is 11.6 Å². The Labute approximate surface area is 136 Å². The third-order valence-electron chi connectivity index (χ3n) is 3.07. The van der Waals surface area contributed by atoms with Crippen molar-refractivity contribution in [3.8, 4) is 5.75 Å². The van der Waals surface area contributed by atoms with E-state index in [0.29, 0.717) is 11.6 Å². The fraction of sp³-hybridized carbons (Fsp3) is 0.412. The molecule has 4 heteroatoms. The van der Waals surface area contributed by atoms with Crippen molar-refractivity contribution in [1.82, 2.24) is 5.32 Å². The van der Waals surface area contributed by atoms with E-state index in [9.17, 15) is 0 Å². The molecule has 0 fully saturated rings. The molecule has 0 atom stereocenters. The van der Waals surface area contributed by atoms with Crippen LogP contribution in [0.3, 0.4) is 0 Å². The van der Waals surface area contributed by atoms with Crippen LogP contribution in [-0.4, -0.2) is 12.1 Å². The van der Waals surface area contributed by atoms with Gasteiger partial charge in [0.2, 0.25) is 0 Å². The van der Waals surface area contributed by atoms with Gasteiger partial charge in [-0.3, -0.25) is 0 Å². The maximum Gasteiger partial charge on any atom is 0.142 e. The minimum Gasteiger partial charge on any atom is -0.491 e. The highest BCUT2D eigenvalue weighted by molar-refractivity contribution is 7.07. The fourth-order valence-corrected chi connectivity index (χ4v) is 2.87. The molecule has 0 aliphatic rings. The summed E-state index contributed by atoms with van der Waals surface area (Å²) < 4.78 is 5.94. The van der Waals surface area contributed by atoms with Crippen molar-refractivity contribution in [3.05, 3.63) is 51.2 Å². The molecule has 0 radical (unpaired) electrons. The molecule has 1 aromatic heterocycles. The van der Waals surface area contributed by atoms with Crippen LogP contribution >= 0.6 is 22.9 Å². The second-order valence-corrected chi connectivity index (χ2v) is 7.25. The minimum absolute atomic E-state index is 0.0657. The van der Waals surface area contributed by atoms with E-state index in [4.69, 9.17) is 16.3 Å². The second kappa shape index (κ2) is 7.30. The molecule has 114 valence electrons. The number of benzene rings is 1. The van der Waals surface area contributed by atoms with E-state index in [2.05, 4.69) is 49.0 Å². The Morgan fingerprint density at radius 3 is 2.71 bits per heavy atom. The van der Waals surface area contributed by atoms with Crippen molar-refractivity contribution in [2.24, 2.45) is 0 Å². The quantitative estimate of drug-likeness (QED) is 0.815. The number of para-hydroxylation sites is 1. The summed E-state index contributed by atoms with van der Waals surface area (Å²) in [7, 11) is 0. The topological polar surface area (TPSA) is 21.3 Å². The van der Waals surface area contributed by atoms with Crippen LogP contribution in [0.25, 0.3) is 0 Å². The number of thiophene rings is 1. The van der Waals surface area contributed by atoms with Crippen LogP contribution in [-0.2, 0) is 13.0 Å². The van der Waals surface area contributed by atoms with E-state index in [1.165, 1.54) is 5.56 Å². The lowest BCUT2D eigenvalue weighted by molar-refractivity contribution is 0.315. The zero-order valence-electron chi connectivity index (χ0n) is 12.8. The second-order valence-electron chi connectivity index (χ2n) is 6.06. The number of halogens is 1. The van der Waals surface area contributed by atoms with E-state index in [1.807, 2.05) is 12.1 Å². The predicted molar refractivity (Wildman–Crippen MR) is 91.6 cm³/mol. The summed E-state index contributed by atoms with van der Waals surface area (Å²) in [6.07, 6.45) is 0.904. The van der Waals surface area contributed by atoms with Crippen LogP contribution < -0.4 is 10.1 Å². The third-order valence-corrected chi connectivity index (χ3v) is 4.10. The molecule has 1 aromatic carbocycles. The summed E-state index contributed by atoms with van der Waals surface area (Å²) in [5.41, 5.74) is 2.47. The average Bonchev–Trinajstić information content (AvgIpc) is 2.91. The summed E-state index contributed by atoms with van der Waals surface area (Å²) in [6, 6.07) is 8.03. The van der Waals surface area contributed by atoms with Crippen LogP contribution in [0.4, 0.5) is 0 Å². The van der Waals surface area contributed by atoms with Crippen molar-refractivity contribution >= 4 is 22.9 Å². The molecule has 2 aromatic rings. The molecule has 0 amide bonds. The third kappa shape index (κ3) is 5.34. The van der Waals surface area contributed by atoms with Gasteiger partial charge in [-0.25, -0.2) is 0 Å². The van der Waals surface area contributed by atoms with Crippen molar-refractivity contribution in [2.45, 2.75) is 39.3 Å². The summed E-state index contributed by atoms with van der Waals surface area (Å²) in [5, 5.41) is 8.38. The van der Waals surface area contributed by atoms with Gasteiger partial charge in [0.1, 0.15) is 5.75 Å². The number of hydrogen-bond acceptors (Lipinski definition) is 3. The maximum atomic E-state index is 6.29. The first kappa shape index (κ1) is 16.3. The number of rotatable bonds is 6. The molecule has 21 heavy (non-hydrogen) atoms. The summed E-state index contributed by atoms with van der Waals surface area (Å²) >= 11 is 8.00. The van der Waals surface area contributed by atoms with Gasteiger partial charge in [-0.1, -0.05) is 23.7 Å². The first-order chi connectivity index (χ1) is 9.96. The van der Waals surface area contributed by atoms with Crippen molar-refractivity contribution < 1.29 is 4.74 Å². The molecule has 2 rings (SSSR count). The minimum atomic E-state index is 0.0657. The summed E-state index contributed by atoms with van der Waals surface area (Å²) in [4.78, 5) is 0. The molecule has 0 aliphatic heterocycles. The molecule has 0 aliphatic carbocycles. The largest absolute Gasteiger partial charge is 0.491 e. The first-order valence-electron chi connectivity index (χ1n) is 7.12. The number of hydrogen-bond donors (Lipinski definition) is 1. The Morgan fingerprint density at radius 1 is 1.24 bits per heavy atom. The van der Waals surface area contributed by atoms with Gasteiger partial charge in [0, 0.05) is 24.1 Å². The fourth-order valence-electron chi connectivity index (χ4n) is 1.92. The maximum absolute atomic E-state index is 6.29. The SMILES string of the molecule is CC(C)(C)NCc1cccc(Cl)c1OCCc1ccsc1. The van der Waals surface area contributed by atoms with E-state index in [1.54, 1.807) is 11.3 Å². The van der Waals surface area contributed by atoms with E-state index >= 15 is 0 Å². The molecule has 1 N–H and O–H groups in total. The Morgan fingerprint density at radius 2 is 2.05 bits per heavy atom. The average molecular weight is 324 g/mol. The van der Waals surface area contributed by atoms with E-state index in [-0.39, 0.29) is 5.54 Å². The monoisotopic (exact) mass is 323 g/mol. The lowest BCUT2D eigenvalue weighted by Gasteiger charge is -2.22. The first-order valence-corrected chi connectivity index (χ1v) is 8.44. The van der Waals surface area contributed by atoms with E-state index < -0.39 is 0 Å². The summed E-state index contributed by atoms with van der Waals surface area (Å²) in [6.45, 7) is 7.83. The van der Waals surface area contributed by atoms with Gasteiger partial charge in [-0.2, -0.15) is 11.3 Å². The molecule has 0 bridgehead atoms. The molecular weight excluding hydrogens is 302 g/mol. The molecule has 0 saturated heterocycles. The predicted octanol–water partition coefficient (Wildman–Crippen LogP) is 4.91. The summed E-state index contributed by atoms with van der Waals surface area (Å²) in [5.74, 6) is 0.797. The van der Waals surface area contributed by atoms with Gasteiger partial charge < -0.3 is 10.1 Å². The zero-order chi connectivity index (χ0) is 15.3. The highest BCUT2D eigenvalue weighted by atomic mass is 35.5. The Balaban J connectivity index is 1.99. The van der Waals surface area contributed by atoms with Crippen LogP contribution in [0.5, 0.6) is 5.75 Å². The Hall–Kier alpha value is -1.03. The van der Waals surface area contributed by atoms with Gasteiger partial charge in [-0.05, 0) is 49.2 Å². The van der Waals surface area contributed by atoms with Crippen LogP contribution in [0.2, 0.25) is 5.02 Å².